The van der Waals surface area contributed by atoms with Crippen LogP contribution in [0.2, 0.25) is 0 Å². The molecule has 1 fully saturated rings. The van der Waals surface area contributed by atoms with Crippen molar-refractivity contribution in [3.05, 3.63) is 42.2 Å². The molecule has 1 saturated heterocycles. The maximum atomic E-state index is 12.4. The van der Waals surface area contributed by atoms with Crippen LogP contribution in [0.15, 0.2) is 41.7 Å². The molecule has 1 aliphatic heterocycles. The number of hydrogen-bond acceptors (Lipinski definition) is 8. The number of carbonyl (C=O) groups excluding carboxylic acids is 2. The molecule has 2 aromatic rings. The molecule has 9 heteroatoms. The molecule has 1 amide bonds. The molecule has 0 saturated carbocycles. The third-order valence-electron chi connectivity index (χ3n) is 4.01. The topological polar surface area (TPSA) is 93.7 Å². The van der Waals surface area contributed by atoms with Gasteiger partial charge in [-0.15, -0.1) is 0 Å². The highest BCUT2D eigenvalue weighted by molar-refractivity contribution is 7.99. The van der Waals surface area contributed by atoms with E-state index in [1.807, 2.05) is 6.07 Å². The first-order valence-electron chi connectivity index (χ1n) is 9.01. The lowest BCUT2D eigenvalue weighted by atomic mass is 10.2. The van der Waals surface area contributed by atoms with Gasteiger partial charge in [0.2, 0.25) is 5.91 Å². The summed E-state index contributed by atoms with van der Waals surface area (Å²) in [5.41, 5.74) is 0.766. The molecule has 3 rings (SSSR count). The Kier molecular flexibility index (Phi) is 7.21. The molecule has 2 heterocycles. The zero-order chi connectivity index (χ0) is 19.8. The number of anilines is 2. The van der Waals surface area contributed by atoms with Gasteiger partial charge in [-0.3, -0.25) is 4.79 Å². The van der Waals surface area contributed by atoms with E-state index in [0.29, 0.717) is 29.5 Å². The smallest absolute Gasteiger partial charge is 0.340 e. The van der Waals surface area contributed by atoms with E-state index in [-0.39, 0.29) is 18.3 Å². The number of esters is 1. The normalized spacial score (nSPS) is 13.8. The van der Waals surface area contributed by atoms with Gasteiger partial charge in [0.05, 0.1) is 36.8 Å². The molecule has 0 atom stereocenters. The van der Waals surface area contributed by atoms with Gasteiger partial charge >= 0.3 is 5.97 Å². The zero-order valence-corrected chi connectivity index (χ0v) is 16.4. The van der Waals surface area contributed by atoms with Crippen molar-refractivity contribution in [3.8, 4) is 0 Å². The molecule has 0 radical (unpaired) electrons. The van der Waals surface area contributed by atoms with Crippen molar-refractivity contribution in [3.63, 3.8) is 0 Å². The second-order valence-electron chi connectivity index (χ2n) is 5.92. The molecule has 28 heavy (non-hydrogen) atoms. The summed E-state index contributed by atoms with van der Waals surface area (Å²) in [5, 5.41) is 3.48. The van der Waals surface area contributed by atoms with Crippen molar-refractivity contribution < 1.29 is 19.1 Å². The molecular weight excluding hydrogens is 380 g/mol. The Labute approximate surface area is 167 Å². The summed E-state index contributed by atoms with van der Waals surface area (Å²) >= 11 is 1.31. The van der Waals surface area contributed by atoms with E-state index in [2.05, 4.69) is 20.2 Å². The Morgan fingerprint density at radius 2 is 2.04 bits per heavy atom. The third-order valence-corrected chi connectivity index (χ3v) is 4.94. The first-order valence-corrected chi connectivity index (χ1v) is 9.99. The highest BCUT2D eigenvalue weighted by Gasteiger charge is 2.16. The predicted octanol–water partition coefficient (Wildman–Crippen LogP) is 2.22. The van der Waals surface area contributed by atoms with Crippen molar-refractivity contribution in [2.75, 3.05) is 48.9 Å². The standard InChI is InChI=1S/C19H22N4O4S/c1-2-27-19(25)14-5-3-4-6-15(14)22-17(24)12-28-18-11-16(20-13-21-18)23-7-9-26-10-8-23/h3-6,11,13H,2,7-10,12H2,1H3,(H,22,24). The second-order valence-corrected chi connectivity index (χ2v) is 6.91. The number of hydrogen-bond donors (Lipinski definition) is 1. The van der Waals surface area contributed by atoms with Crippen LogP contribution in [-0.2, 0) is 14.3 Å². The number of para-hydroxylation sites is 1. The molecule has 1 aliphatic rings. The van der Waals surface area contributed by atoms with Gasteiger partial charge in [-0.25, -0.2) is 14.8 Å². The second kappa shape index (κ2) is 10.0. The number of thioether (sulfide) groups is 1. The average Bonchev–Trinajstić information content (AvgIpc) is 2.74. The van der Waals surface area contributed by atoms with E-state index < -0.39 is 5.97 Å². The first-order chi connectivity index (χ1) is 13.7. The van der Waals surface area contributed by atoms with E-state index in [1.165, 1.54) is 18.1 Å². The van der Waals surface area contributed by atoms with Crippen molar-refractivity contribution in [2.45, 2.75) is 11.9 Å². The summed E-state index contributed by atoms with van der Waals surface area (Å²) in [6.07, 6.45) is 1.50. The number of amides is 1. The molecule has 0 aliphatic carbocycles. The van der Waals surface area contributed by atoms with Crippen LogP contribution in [0.4, 0.5) is 11.5 Å². The van der Waals surface area contributed by atoms with Gasteiger partial charge in [0.25, 0.3) is 0 Å². The van der Waals surface area contributed by atoms with Crippen molar-refractivity contribution in [1.29, 1.82) is 0 Å². The number of morpholine rings is 1. The highest BCUT2D eigenvalue weighted by atomic mass is 32.2. The third kappa shape index (κ3) is 5.43. The summed E-state index contributed by atoms with van der Waals surface area (Å²) in [4.78, 5) is 35.0. The van der Waals surface area contributed by atoms with Crippen LogP contribution in [0.5, 0.6) is 0 Å². The van der Waals surface area contributed by atoms with Crippen LogP contribution in [0.25, 0.3) is 0 Å². The number of nitrogens with zero attached hydrogens (tertiary/aromatic N) is 3. The fourth-order valence-electron chi connectivity index (χ4n) is 2.68. The van der Waals surface area contributed by atoms with Crippen molar-refractivity contribution in [1.82, 2.24) is 9.97 Å². The Hall–Kier alpha value is -2.65. The summed E-state index contributed by atoms with van der Waals surface area (Å²) < 4.78 is 10.4. The fraction of sp³-hybridized carbons (Fsp3) is 0.368. The predicted molar refractivity (Wildman–Crippen MR) is 107 cm³/mol. The van der Waals surface area contributed by atoms with Crippen LogP contribution in [0.1, 0.15) is 17.3 Å². The van der Waals surface area contributed by atoms with Crippen LogP contribution < -0.4 is 10.2 Å². The van der Waals surface area contributed by atoms with Crippen LogP contribution >= 0.6 is 11.8 Å². The lowest BCUT2D eigenvalue weighted by molar-refractivity contribution is -0.113. The van der Waals surface area contributed by atoms with Crippen LogP contribution in [0.3, 0.4) is 0 Å². The SMILES string of the molecule is CCOC(=O)c1ccccc1NC(=O)CSc1cc(N2CCOCC2)ncn1. The Morgan fingerprint density at radius 1 is 1.25 bits per heavy atom. The summed E-state index contributed by atoms with van der Waals surface area (Å²) in [5.74, 6) is 0.302. The highest BCUT2D eigenvalue weighted by Crippen LogP contribution is 2.21. The number of ether oxygens (including phenoxy) is 2. The minimum absolute atomic E-state index is 0.163. The van der Waals surface area contributed by atoms with E-state index in [9.17, 15) is 9.59 Å². The molecule has 148 valence electrons. The zero-order valence-electron chi connectivity index (χ0n) is 15.6. The summed E-state index contributed by atoms with van der Waals surface area (Å²) in [6, 6.07) is 8.65. The summed E-state index contributed by atoms with van der Waals surface area (Å²) in [7, 11) is 0. The molecule has 8 nitrogen and oxygen atoms in total. The number of rotatable bonds is 7. The molecule has 1 N–H and O–H groups in total. The number of benzene rings is 1. The first kappa shape index (κ1) is 20.1. The maximum absolute atomic E-state index is 12.4. The Morgan fingerprint density at radius 3 is 2.82 bits per heavy atom. The Bertz CT molecular complexity index is 827. The molecule has 1 aromatic carbocycles. The molecule has 0 unspecified atom stereocenters. The van der Waals surface area contributed by atoms with Gasteiger partial charge in [-0.05, 0) is 19.1 Å². The van der Waals surface area contributed by atoms with Gasteiger partial charge < -0.3 is 19.7 Å². The van der Waals surface area contributed by atoms with Crippen LogP contribution in [-0.4, -0.2) is 60.5 Å². The van der Waals surface area contributed by atoms with Gasteiger partial charge in [0, 0.05) is 19.2 Å². The van der Waals surface area contributed by atoms with E-state index in [1.54, 1.807) is 31.2 Å². The van der Waals surface area contributed by atoms with Crippen LogP contribution in [0, 0.1) is 0 Å². The molecule has 1 aromatic heterocycles. The number of carbonyl (C=O) groups is 2. The minimum atomic E-state index is -0.461. The van der Waals surface area contributed by atoms with Gasteiger partial charge in [-0.2, -0.15) is 0 Å². The summed E-state index contributed by atoms with van der Waals surface area (Å²) in [6.45, 7) is 4.93. The van der Waals surface area contributed by atoms with E-state index in [4.69, 9.17) is 9.47 Å². The fourth-order valence-corrected chi connectivity index (χ4v) is 3.34. The average molecular weight is 402 g/mol. The largest absolute Gasteiger partial charge is 0.462 e. The van der Waals surface area contributed by atoms with Crippen molar-refractivity contribution in [2.24, 2.45) is 0 Å². The quantitative estimate of drug-likeness (QED) is 0.428. The van der Waals surface area contributed by atoms with Gasteiger partial charge in [0.1, 0.15) is 17.2 Å². The molecule has 0 spiro atoms. The number of nitrogens with one attached hydrogen (secondary N) is 1. The Balaban J connectivity index is 1.58. The number of aromatic nitrogens is 2. The molecular formula is C19H22N4O4S. The maximum Gasteiger partial charge on any atom is 0.340 e. The van der Waals surface area contributed by atoms with Gasteiger partial charge in [-0.1, -0.05) is 23.9 Å². The van der Waals surface area contributed by atoms with Crippen molar-refractivity contribution >= 4 is 35.1 Å². The lowest BCUT2D eigenvalue weighted by Gasteiger charge is -2.27. The lowest BCUT2D eigenvalue weighted by Crippen LogP contribution is -2.36. The van der Waals surface area contributed by atoms with E-state index >= 15 is 0 Å². The van der Waals surface area contributed by atoms with Gasteiger partial charge in [0.15, 0.2) is 0 Å². The minimum Gasteiger partial charge on any atom is -0.462 e. The monoisotopic (exact) mass is 402 g/mol. The molecule has 0 bridgehead atoms. The van der Waals surface area contributed by atoms with E-state index in [0.717, 1.165) is 18.9 Å².